The van der Waals surface area contributed by atoms with Crippen molar-refractivity contribution < 1.29 is 9.53 Å². The Hall–Kier alpha value is -1.71. The third kappa shape index (κ3) is 4.96. The van der Waals surface area contributed by atoms with Gasteiger partial charge in [0.05, 0.1) is 23.7 Å². The van der Waals surface area contributed by atoms with Crippen LogP contribution in [0.1, 0.15) is 12.0 Å². The van der Waals surface area contributed by atoms with E-state index in [0.29, 0.717) is 22.3 Å². The molecule has 0 saturated carbocycles. The third-order valence-corrected chi connectivity index (χ3v) is 3.39. The Bertz CT molecular complexity index is 627. The molecule has 2 aromatic carbocycles. The number of rotatable bonds is 5. The Kier molecular flexibility index (Phi) is 5.48. The zero-order valence-electron chi connectivity index (χ0n) is 11.5. The maximum atomic E-state index is 11.8. The predicted octanol–water partition coefficient (Wildman–Crippen LogP) is 4.71. The minimum Gasteiger partial charge on any atom is -0.493 e. The van der Waals surface area contributed by atoms with Gasteiger partial charge in [0.25, 0.3) is 0 Å². The van der Waals surface area contributed by atoms with Gasteiger partial charge in [0.15, 0.2) is 0 Å². The van der Waals surface area contributed by atoms with Crippen LogP contribution in [-0.2, 0) is 4.79 Å². The van der Waals surface area contributed by atoms with E-state index in [1.54, 1.807) is 18.2 Å². The number of nitrogens with one attached hydrogen (secondary N) is 1. The van der Waals surface area contributed by atoms with Crippen molar-refractivity contribution >= 4 is 34.8 Å². The molecule has 21 heavy (non-hydrogen) atoms. The molecule has 0 heterocycles. The summed E-state index contributed by atoms with van der Waals surface area (Å²) in [7, 11) is 0. The number of hydrogen-bond donors (Lipinski definition) is 1. The van der Waals surface area contributed by atoms with Crippen LogP contribution in [0.2, 0.25) is 10.0 Å². The van der Waals surface area contributed by atoms with Gasteiger partial charge in [-0.25, -0.2) is 0 Å². The molecule has 0 aliphatic rings. The maximum Gasteiger partial charge on any atom is 0.227 e. The molecule has 0 spiro atoms. The summed E-state index contributed by atoms with van der Waals surface area (Å²) in [4.78, 5) is 11.8. The molecule has 2 rings (SSSR count). The third-order valence-electron chi connectivity index (χ3n) is 2.82. The van der Waals surface area contributed by atoms with Crippen molar-refractivity contribution in [1.29, 1.82) is 0 Å². The highest BCUT2D eigenvalue weighted by atomic mass is 35.5. The lowest BCUT2D eigenvalue weighted by atomic mass is 10.2. The van der Waals surface area contributed by atoms with Gasteiger partial charge in [-0.15, -0.1) is 0 Å². The molecule has 0 aliphatic carbocycles. The first-order valence-electron chi connectivity index (χ1n) is 6.49. The lowest BCUT2D eigenvalue weighted by Crippen LogP contribution is -2.15. The normalized spacial score (nSPS) is 10.2. The minimum atomic E-state index is -0.175. The van der Waals surface area contributed by atoms with Gasteiger partial charge >= 0.3 is 0 Å². The van der Waals surface area contributed by atoms with Crippen molar-refractivity contribution in [2.45, 2.75) is 13.3 Å². The van der Waals surface area contributed by atoms with Crippen molar-refractivity contribution in [3.05, 3.63) is 58.1 Å². The first-order valence-corrected chi connectivity index (χ1v) is 7.24. The molecule has 3 nitrogen and oxygen atoms in total. The van der Waals surface area contributed by atoms with Gasteiger partial charge < -0.3 is 10.1 Å². The summed E-state index contributed by atoms with van der Waals surface area (Å²) in [6.45, 7) is 2.30. The van der Waals surface area contributed by atoms with E-state index < -0.39 is 0 Å². The molecule has 1 N–H and O–H groups in total. The fourth-order valence-electron chi connectivity index (χ4n) is 1.70. The number of aryl methyl sites for hydroxylation is 1. The number of anilines is 1. The van der Waals surface area contributed by atoms with Crippen LogP contribution in [-0.4, -0.2) is 12.5 Å². The van der Waals surface area contributed by atoms with Crippen molar-refractivity contribution in [3.63, 3.8) is 0 Å². The Morgan fingerprint density at radius 3 is 2.57 bits per heavy atom. The van der Waals surface area contributed by atoms with Crippen LogP contribution in [0.5, 0.6) is 5.75 Å². The topological polar surface area (TPSA) is 38.3 Å². The molecular formula is C16H15Cl2NO2. The number of benzene rings is 2. The van der Waals surface area contributed by atoms with Crippen LogP contribution in [0.4, 0.5) is 5.69 Å². The molecule has 0 bridgehead atoms. The average molecular weight is 324 g/mol. The van der Waals surface area contributed by atoms with E-state index in [0.717, 1.165) is 11.3 Å². The molecule has 110 valence electrons. The number of amides is 1. The second kappa shape index (κ2) is 7.34. The summed E-state index contributed by atoms with van der Waals surface area (Å²) in [5.41, 5.74) is 1.67. The Morgan fingerprint density at radius 1 is 1.14 bits per heavy atom. The Balaban J connectivity index is 1.82. The molecule has 0 radical (unpaired) electrons. The summed E-state index contributed by atoms with van der Waals surface area (Å²) in [5.74, 6) is 0.570. The Morgan fingerprint density at radius 2 is 1.86 bits per heavy atom. The highest BCUT2D eigenvalue weighted by Crippen LogP contribution is 2.25. The van der Waals surface area contributed by atoms with Gasteiger partial charge in [-0.3, -0.25) is 4.79 Å². The molecule has 0 aromatic heterocycles. The average Bonchev–Trinajstić information content (AvgIpc) is 2.45. The number of hydrogen-bond acceptors (Lipinski definition) is 2. The summed E-state index contributed by atoms with van der Waals surface area (Å²) < 4.78 is 5.50. The lowest BCUT2D eigenvalue weighted by molar-refractivity contribution is -0.116. The van der Waals surface area contributed by atoms with Gasteiger partial charge in [-0.1, -0.05) is 40.9 Å². The minimum absolute atomic E-state index is 0.175. The molecule has 1 amide bonds. The summed E-state index contributed by atoms with van der Waals surface area (Å²) in [6, 6.07) is 12.6. The van der Waals surface area contributed by atoms with Crippen LogP contribution in [0.15, 0.2) is 42.5 Å². The number of halogens is 2. The van der Waals surface area contributed by atoms with Crippen LogP contribution < -0.4 is 10.1 Å². The van der Waals surface area contributed by atoms with E-state index in [1.807, 2.05) is 31.2 Å². The maximum absolute atomic E-state index is 11.8. The van der Waals surface area contributed by atoms with Gasteiger partial charge in [0.2, 0.25) is 5.91 Å². The zero-order chi connectivity index (χ0) is 15.2. The first kappa shape index (κ1) is 15.7. The summed E-state index contributed by atoms with van der Waals surface area (Å²) in [5, 5.41) is 3.68. The van der Waals surface area contributed by atoms with Gasteiger partial charge in [-0.05, 0) is 37.3 Å². The van der Waals surface area contributed by atoms with E-state index in [4.69, 9.17) is 27.9 Å². The number of carbonyl (C=O) groups excluding carboxylic acids is 1. The van der Waals surface area contributed by atoms with Crippen LogP contribution in [0.25, 0.3) is 0 Å². The molecule has 2 aromatic rings. The van der Waals surface area contributed by atoms with E-state index in [9.17, 15) is 4.79 Å². The standard InChI is InChI=1S/C16H15Cl2NO2/c1-11-2-5-13(6-3-11)21-9-8-16(20)19-15-10-12(17)4-7-14(15)18/h2-7,10H,8-9H2,1H3,(H,19,20). The summed E-state index contributed by atoms with van der Waals surface area (Å²) >= 11 is 11.8. The fourth-order valence-corrected chi connectivity index (χ4v) is 2.04. The molecule has 0 unspecified atom stereocenters. The number of ether oxygens (including phenoxy) is 1. The van der Waals surface area contributed by atoms with Crippen molar-refractivity contribution in [1.82, 2.24) is 0 Å². The predicted molar refractivity (Wildman–Crippen MR) is 86.4 cm³/mol. The first-order chi connectivity index (χ1) is 10.0. The van der Waals surface area contributed by atoms with E-state index in [1.165, 1.54) is 0 Å². The Labute approximate surface area is 133 Å². The van der Waals surface area contributed by atoms with E-state index >= 15 is 0 Å². The van der Waals surface area contributed by atoms with E-state index in [2.05, 4.69) is 5.32 Å². The van der Waals surface area contributed by atoms with E-state index in [-0.39, 0.29) is 12.3 Å². The second-order valence-corrected chi connectivity index (χ2v) is 5.43. The fraction of sp³-hybridized carbons (Fsp3) is 0.188. The monoisotopic (exact) mass is 323 g/mol. The molecular weight excluding hydrogens is 309 g/mol. The molecule has 0 aliphatic heterocycles. The van der Waals surface area contributed by atoms with Crippen LogP contribution >= 0.6 is 23.2 Å². The zero-order valence-corrected chi connectivity index (χ0v) is 13.0. The molecule has 0 fully saturated rings. The van der Waals surface area contributed by atoms with Gasteiger partial charge in [-0.2, -0.15) is 0 Å². The van der Waals surface area contributed by atoms with Crippen molar-refractivity contribution in [2.24, 2.45) is 0 Å². The van der Waals surface area contributed by atoms with Crippen molar-refractivity contribution in [2.75, 3.05) is 11.9 Å². The second-order valence-electron chi connectivity index (χ2n) is 4.58. The SMILES string of the molecule is Cc1ccc(OCCC(=O)Nc2cc(Cl)ccc2Cl)cc1. The number of carbonyl (C=O) groups is 1. The van der Waals surface area contributed by atoms with Crippen LogP contribution in [0.3, 0.4) is 0 Å². The van der Waals surface area contributed by atoms with Gasteiger partial charge in [0, 0.05) is 5.02 Å². The lowest BCUT2D eigenvalue weighted by Gasteiger charge is -2.09. The largest absolute Gasteiger partial charge is 0.493 e. The molecule has 5 heteroatoms. The molecule has 0 atom stereocenters. The highest BCUT2D eigenvalue weighted by molar-refractivity contribution is 6.35. The quantitative estimate of drug-likeness (QED) is 0.865. The van der Waals surface area contributed by atoms with Gasteiger partial charge in [0.1, 0.15) is 5.75 Å². The molecule has 0 saturated heterocycles. The van der Waals surface area contributed by atoms with Crippen molar-refractivity contribution in [3.8, 4) is 5.75 Å². The van der Waals surface area contributed by atoms with Crippen LogP contribution in [0, 0.1) is 6.92 Å². The summed E-state index contributed by atoms with van der Waals surface area (Å²) in [6.07, 6.45) is 0.233. The highest BCUT2D eigenvalue weighted by Gasteiger charge is 2.07. The smallest absolute Gasteiger partial charge is 0.227 e.